The number of sulfonamides is 1. The topological polar surface area (TPSA) is 79.8 Å². The molecule has 2 fully saturated rings. The van der Waals surface area contributed by atoms with E-state index < -0.39 is 10.0 Å². The van der Waals surface area contributed by atoms with Crippen LogP contribution in [0.15, 0.2) is 40.6 Å². The zero-order chi connectivity index (χ0) is 21.4. The van der Waals surface area contributed by atoms with Crippen LogP contribution in [0.5, 0.6) is 0 Å². The van der Waals surface area contributed by atoms with Crippen molar-refractivity contribution >= 4 is 48.8 Å². The van der Waals surface area contributed by atoms with Gasteiger partial charge in [-0.2, -0.15) is 4.31 Å². The van der Waals surface area contributed by atoms with Crippen LogP contribution in [0, 0.1) is 0 Å². The molecule has 1 amide bonds. The maximum absolute atomic E-state index is 13.1. The van der Waals surface area contributed by atoms with Gasteiger partial charge in [-0.3, -0.25) is 4.79 Å². The van der Waals surface area contributed by atoms with E-state index in [1.54, 1.807) is 23.5 Å². The predicted octanol–water partition coefficient (Wildman–Crippen LogP) is 3.28. The highest BCUT2D eigenvalue weighted by molar-refractivity contribution is 7.91. The highest BCUT2D eigenvalue weighted by Crippen LogP contribution is 2.37. The van der Waals surface area contributed by atoms with Gasteiger partial charge in [0.1, 0.15) is 9.22 Å². The van der Waals surface area contributed by atoms with E-state index in [1.807, 2.05) is 23.1 Å². The number of fused-ring (bicyclic) bond motifs is 1. The number of thiazole rings is 1. The van der Waals surface area contributed by atoms with Gasteiger partial charge in [-0.1, -0.05) is 12.1 Å². The van der Waals surface area contributed by atoms with Gasteiger partial charge in [0.15, 0.2) is 0 Å². The Labute approximate surface area is 189 Å². The van der Waals surface area contributed by atoms with Gasteiger partial charge in [0.25, 0.3) is 10.0 Å². The van der Waals surface area contributed by atoms with Crippen molar-refractivity contribution in [2.24, 2.45) is 0 Å². The van der Waals surface area contributed by atoms with Crippen LogP contribution in [0.1, 0.15) is 28.8 Å². The summed E-state index contributed by atoms with van der Waals surface area (Å²) < 4.78 is 33.8. The largest absolute Gasteiger partial charge is 0.379 e. The standard InChI is InChI=1S/C21H23N3O4S3/c25-19(14-15-7-8-20(29-15)31(26,27)23-10-12-28-13-11-23)24-9-3-5-17(24)21-22-16-4-1-2-6-18(16)30-21/h1-2,4,6-8,17H,3,5,9-14H2/t17-/m0/s1. The number of benzene rings is 1. The molecule has 0 radical (unpaired) electrons. The quantitative estimate of drug-likeness (QED) is 0.563. The van der Waals surface area contributed by atoms with E-state index in [-0.39, 0.29) is 18.4 Å². The van der Waals surface area contributed by atoms with Crippen molar-refractivity contribution in [3.05, 3.63) is 46.3 Å². The summed E-state index contributed by atoms with van der Waals surface area (Å²) in [5, 5.41) is 0.980. The maximum atomic E-state index is 13.1. The van der Waals surface area contributed by atoms with Crippen molar-refractivity contribution in [1.82, 2.24) is 14.2 Å². The molecule has 2 aliphatic heterocycles. The predicted molar refractivity (Wildman–Crippen MR) is 121 cm³/mol. The molecule has 0 aliphatic carbocycles. The number of nitrogens with zero attached hydrogens (tertiary/aromatic N) is 3. The van der Waals surface area contributed by atoms with E-state index in [1.165, 1.54) is 15.6 Å². The molecule has 0 spiro atoms. The lowest BCUT2D eigenvalue weighted by molar-refractivity contribution is -0.131. The molecule has 164 valence electrons. The van der Waals surface area contributed by atoms with Crippen molar-refractivity contribution in [3.63, 3.8) is 0 Å². The molecule has 2 aliphatic rings. The molecule has 10 heteroatoms. The maximum Gasteiger partial charge on any atom is 0.252 e. The molecular weight excluding hydrogens is 454 g/mol. The molecule has 0 unspecified atom stereocenters. The minimum Gasteiger partial charge on any atom is -0.379 e. The lowest BCUT2D eigenvalue weighted by Crippen LogP contribution is -2.40. The van der Waals surface area contributed by atoms with E-state index in [0.29, 0.717) is 37.1 Å². The highest BCUT2D eigenvalue weighted by Gasteiger charge is 2.33. The zero-order valence-electron chi connectivity index (χ0n) is 16.9. The second-order valence-electron chi connectivity index (χ2n) is 7.68. The van der Waals surface area contributed by atoms with Crippen LogP contribution in [0.4, 0.5) is 0 Å². The SMILES string of the molecule is O=C(Cc1ccc(S(=O)(=O)N2CCOCC2)s1)N1CCC[C@H]1c1nc2ccccc2s1. The third kappa shape index (κ3) is 4.14. The first-order valence-corrected chi connectivity index (χ1v) is 13.4. The Bertz CT molecular complexity index is 1160. The van der Waals surface area contributed by atoms with Crippen LogP contribution >= 0.6 is 22.7 Å². The molecule has 5 rings (SSSR count). The Hall–Kier alpha value is -1.85. The second-order valence-corrected chi connectivity index (χ2v) is 12.1. The number of para-hydroxylation sites is 1. The van der Waals surface area contributed by atoms with Crippen molar-refractivity contribution in [1.29, 1.82) is 0 Å². The Kier molecular flexibility index (Phi) is 5.82. The summed E-state index contributed by atoms with van der Waals surface area (Å²) in [7, 11) is -3.53. The molecule has 0 N–H and O–H groups in total. The average molecular weight is 478 g/mol. The number of aromatic nitrogens is 1. The number of likely N-dealkylation sites (tertiary alicyclic amines) is 1. The van der Waals surface area contributed by atoms with Gasteiger partial charge in [0.05, 0.1) is 35.9 Å². The summed E-state index contributed by atoms with van der Waals surface area (Å²) in [6.45, 7) is 2.28. The van der Waals surface area contributed by atoms with E-state index in [0.717, 1.165) is 32.9 Å². The highest BCUT2D eigenvalue weighted by atomic mass is 32.2. The minimum atomic E-state index is -3.53. The zero-order valence-corrected chi connectivity index (χ0v) is 19.3. The van der Waals surface area contributed by atoms with Crippen LogP contribution in [-0.2, 0) is 26.0 Å². The molecule has 31 heavy (non-hydrogen) atoms. The Morgan fingerprint density at radius 1 is 1.10 bits per heavy atom. The van der Waals surface area contributed by atoms with Gasteiger partial charge >= 0.3 is 0 Å². The molecule has 2 saturated heterocycles. The first kappa shape index (κ1) is 21.0. The minimum absolute atomic E-state index is 0.00131. The van der Waals surface area contributed by atoms with Crippen LogP contribution in [0.25, 0.3) is 10.2 Å². The molecular formula is C21H23N3O4S3. The number of amides is 1. The summed E-state index contributed by atoms with van der Waals surface area (Å²) in [5.41, 5.74) is 0.970. The number of carbonyl (C=O) groups excluding carboxylic acids is 1. The molecule has 3 aromatic rings. The van der Waals surface area contributed by atoms with Gasteiger partial charge < -0.3 is 9.64 Å². The van der Waals surface area contributed by atoms with Crippen molar-refractivity contribution in [2.75, 3.05) is 32.8 Å². The first-order chi connectivity index (χ1) is 15.0. The van der Waals surface area contributed by atoms with Crippen LogP contribution in [0.3, 0.4) is 0 Å². The third-order valence-corrected chi connectivity index (χ3v) is 10.3. The number of hydrogen-bond donors (Lipinski definition) is 0. The van der Waals surface area contributed by atoms with E-state index in [4.69, 9.17) is 9.72 Å². The van der Waals surface area contributed by atoms with Crippen molar-refractivity contribution < 1.29 is 17.9 Å². The van der Waals surface area contributed by atoms with E-state index >= 15 is 0 Å². The molecule has 7 nitrogen and oxygen atoms in total. The third-order valence-electron chi connectivity index (χ3n) is 5.70. The lowest BCUT2D eigenvalue weighted by Gasteiger charge is -2.25. The summed E-state index contributed by atoms with van der Waals surface area (Å²) in [6.07, 6.45) is 2.07. The number of hydrogen-bond acceptors (Lipinski definition) is 7. The van der Waals surface area contributed by atoms with E-state index in [2.05, 4.69) is 6.07 Å². The van der Waals surface area contributed by atoms with Gasteiger partial charge in [-0.25, -0.2) is 13.4 Å². The number of carbonyl (C=O) groups is 1. The van der Waals surface area contributed by atoms with Crippen LogP contribution < -0.4 is 0 Å². The molecule has 0 saturated carbocycles. The summed E-state index contributed by atoms with van der Waals surface area (Å²) >= 11 is 2.84. The monoisotopic (exact) mass is 477 g/mol. The van der Waals surface area contributed by atoms with Crippen molar-refractivity contribution in [2.45, 2.75) is 29.5 Å². The van der Waals surface area contributed by atoms with Gasteiger partial charge in [-0.15, -0.1) is 22.7 Å². The second kappa shape index (κ2) is 8.59. The summed E-state index contributed by atoms with van der Waals surface area (Å²) in [5.74, 6) is 0.0268. The fourth-order valence-corrected chi connectivity index (χ4v) is 8.14. The van der Waals surface area contributed by atoms with Gasteiger partial charge in [0, 0.05) is 24.5 Å². The van der Waals surface area contributed by atoms with Crippen LogP contribution in [-0.4, -0.2) is 61.4 Å². The Morgan fingerprint density at radius 3 is 2.71 bits per heavy atom. The van der Waals surface area contributed by atoms with E-state index in [9.17, 15) is 13.2 Å². The number of morpholine rings is 1. The first-order valence-electron chi connectivity index (χ1n) is 10.3. The fourth-order valence-electron chi connectivity index (χ4n) is 4.11. The number of ether oxygens (including phenoxy) is 1. The molecule has 4 heterocycles. The Morgan fingerprint density at radius 2 is 1.90 bits per heavy atom. The van der Waals surface area contributed by atoms with Gasteiger partial charge in [0.2, 0.25) is 5.91 Å². The van der Waals surface area contributed by atoms with Crippen molar-refractivity contribution in [3.8, 4) is 0 Å². The number of rotatable bonds is 5. The molecule has 0 bridgehead atoms. The smallest absolute Gasteiger partial charge is 0.252 e. The lowest BCUT2D eigenvalue weighted by atomic mass is 10.2. The fraction of sp³-hybridized carbons (Fsp3) is 0.429. The summed E-state index contributed by atoms with van der Waals surface area (Å²) in [6, 6.07) is 11.4. The summed E-state index contributed by atoms with van der Waals surface area (Å²) in [4.78, 5) is 20.5. The molecule has 1 atom stereocenters. The van der Waals surface area contributed by atoms with Crippen LogP contribution in [0.2, 0.25) is 0 Å². The average Bonchev–Trinajstić information content (AvgIpc) is 3.52. The normalized spacial score (nSPS) is 20.5. The molecule has 2 aromatic heterocycles. The van der Waals surface area contributed by atoms with Gasteiger partial charge in [-0.05, 0) is 37.1 Å². The number of thiophene rings is 1. The molecule has 1 aromatic carbocycles. The Balaban J connectivity index is 1.30.